The summed E-state index contributed by atoms with van der Waals surface area (Å²) in [5.74, 6) is -0.513. The molecule has 0 radical (unpaired) electrons. The molecule has 0 saturated heterocycles. The second-order valence-corrected chi connectivity index (χ2v) is 5.25. The maximum absolute atomic E-state index is 12.2. The van der Waals surface area contributed by atoms with Gasteiger partial charge in [0, 0.05) is 19.2 Å². The van der Waals surface area contributed by atoms with Crippen molar-refractivity contribution in [3.8, 4) is 0 Å². The molecular formula is C13H16Cl2N2O4. The quantitative estimate of drug-likeness (QED) is 0.611. The van der Waals surface area contributed by atoms with E-state index >= 15 is 0 Å². The summed E-state index contributed by atoms with van der Waals surface area (Å²) in [6.07, 6.45) is 1.58. The predicted octanol–water partition coefficient (Wildman–Crippen LogP) is 3.45. The van der Waals surface area contributed by atoms with Gasteiger partial charge in [0.2, 0.25) is 0 Å². The number of nitrogens with zero attached hydrogens (tertiary/aromatic N) is 1. The Kier molecular flexibility index (Phi) is 6.87. The van der Waals surface area contributed by atoms with Gasteiger partial charge in [0.1, 0.15) is 0 Å². The molecule has 0 bridgehead atoms. The molecule has 116 valence electrons. The van der Waals surface area contributed by atoms with Crippen LogP contribution in [0.5, 0.6) is 0 Å². The fraction of sp³-hybridized carbons (Fsp3) is 0.462. The molecule has 1 atom stereocenters. The molecule has 0 aliphatic carbocycles. The van der Waals surface area contributed by atoms with E-state index < -0.39 is 10.8 Å². The lowest BCUT2D eigenvalue weighted by Crippen LogP contribution is -2.38. The highest BCUT2D eigenvalue weighted by molar-refractivity contribution is 6.44. The van der Waals surface area contributed by atoms with E-state index in [1.165, 1.54) is 7.11 Å². The van der Waals surface area contributed by atoms with Crippen molar-refractivity contribution < 1.29 is 14.5 Å². The zero-order chi connectivity index (χ0) is 16.0. The highest BCUT2D eigenvalue weighted by atomic mass is 35.5. The van der Waals surface area contributed by atoms with E-state index in [1.54, 1.807) is 0 Å². The Hall–Kier alpha value is -1.37. The fourth-order valence-corrected chi connectivity index (χ4v) is 2.26. The SMILES string of the molecule is CCCC(COC)NC(=O)c1cc([N+](=O)[O-])cc(Cl)c1Cl. The highest BCUT2D eigenvalue weighted by Gasteiger charge is 2.21. The maximum atomic E-state index is 12.2. The van der Waals surface area contributed by atoms with Crippen molar-refractivity contribution in [2.24, 2.45) is 0 Å². The van der Waals surface area contributed by atoms with Crippen LogP contribution in [0.1, 0.15) is 30.1 Å². The predicted molar refractivity (Wildman–Crippen MR) is 81.2 cm³/mol. The third-order valence-corrected chi connectivity index (χ3v) is 3.61. The number of carbonyl (C=O) groups excluding carboxylic acids is 1. The molecule has 1 N–H and O–H groups in total. The van der Waals surface area contributed by atoms with Crippen LogP contribution < -0.4 is 5.32 Å². The summed E-state index contributed by atoms with van der Waals surface area (Å²) >= 11 is 11.8. The Morgan fingerprint density at radius 1 is 1.48 bits per heavy atom. The van der Waals surface area contributed by atoms with Crippen LogP contribution in [0, 0.1) is 10.1 Å². The van der Waals surface area contributed by atoms with Crippen molar-refractivity contribution in [2.75, 3.05) is 13.7 Å². The minimum Gasteiger partial charge on any atom is -0.383 e. The van der Waals surface area contributed by atoms with Crippen molar-refractivity contribution in [1.29, 1.82) is 0 Å². The number of hydrogen-bond donors (Lipinski definition) is 1. The zero-order valence-electron chi connectivity index (χ0n) is 11.7. The minimum atomic E-state index is -0.627. The van der Waals surface area contributed by atoms with E-state index in [0.29, 0.717) is 6.61 Å². The highest BCUT2D eigenvalue weighted by Crippen LogP contribution is 2.30. The Morgan fingerprint density at radius 3 is 2.67 bits per heavy atom. The van der Waals surface area contributed by atoms with E-state index in [4.69, 9.17) is 27.9 Å². The molecular weight excluding hydrogens is 319 g/mol. The third kappa shape index (κ3) is 4.84. The van der Waals surface area contributed by atoms with E-state index in [1.807, 2.05) is 6.92 Å². The van der Waals surface area contributed by atoms with Crippen molar-refractivity contribution in [1.82, 2.24) is 5.32 Å². The van der Waals surface area contributed by atoms with Crippen molar-refractivity contribution in [3.63, 3.8) is 0 Å². The van der Waals surface area contributed by atoms with Crippen LogP contribution in [-0.2, 0) is 4.74 Å². The molecule has 0 fully saturated rings. The molecule has 1 aromatic rings. The maximum Gasteiger partial charge on any atom is 0.271 e. The molecule has 0 aliphatic rings. The third-order valence-electron chi connectivity index (χ3n) is 2.81. The van der Waals surface area contributed by atoms with E-state index in [-0.39, 0.29) is 27.3 Å². The molecule has 1 unspecified atom stereocenters. The summed E-state index contributed by atoms with van der Waals surface area (Å²) < 4.78 is 5.03. The number of ether oxygens (including phenoxy) is 1. The zero-order valence-corrected chi connectivity index (χ0v) is 13.2. The molecule has 0 saturated carbocycles. The van der Waals surface area contributed by atoms with Crippen molar-refractivity contribution >= 4 is 34.8 Å². The van der Waals surface area contributed by atoms with Gasteiger partial charge in [-0.2, -0.15) is 0 Å². The molecule has 0 spiro atoms. The first-order chi connectivity index (χ1) is 9.90. The molecule has 0 aromatic heterocycles. The second-order valence-electron chi connectivity index (χ2n) is 4.46. The van der Waals surface area contributed by atoms with Gasteiger partial charge in [-0.25, -0.2) is 0 Å². The minimum absolute atomic E-state index is 0.00701. The molecule has 0 heterocycles. The van der Waals surface area contributed by atoms with Gasteiger partial charge >= 0.3 is 0 Å². The van der Waals surface area contributed by atoms with Crippen LogP contribution in [0.4, 0.5) is 5.69 Å². The first kappa shape index (κ1) is 17.7. The summed E-state index contributed by atoms with van der Waals surface area (Å²) in [6.45, 7) is 2.33. The Morgan fingerprint density at radius 2 is 2.14 bits per heavy atom. The summed E-state index contributed by atoms with van der Waals surface area (Å²) in [5.41, 5.74) is -0.304. The molecule has 1 aromatic carbocycles. The Labute approximate surface area is 132 Å². The van der Waals surface area contributed by atoms with Crippen LogP contribution in [0.25, 0.3) is 0 Å². The van der Waals surface area contributed by atoms with E-state index in [2.05, 4.69) is 5.32 Å². The number of hydrogen-bond acceptors (Lipinski definition) is 4. The molecule has 0 aliphatic heterocycles. The number of rotatable bonds is 7. The first-order valence-electron chi connectivity index (χ1n) is 6.33. The van der Waals surface area contributed by atoms with E-state index in [9.17, 15) is 14.9 Å². The Balaban J connectivity index is 3.03. The van der Waals surface area contributed by atoms with Gasteiger partial charge in [0.25, 0.3) is 11.6 Å². The molecule has 21 heavy (non-hydrogen) atoms. The van der Waals surface area contributed by atoms with Gasteiger partial charge in [0.05, 0.1) is 33.2 Å². The lowest BCUT2D eigenvalue weighted by molar-refractivity contribution is -0.384. The lowest BCUT2D eigenvalue weighted by Gasteiger charge is -2.17. The van der Waals surface area contributed by atoms with Crippen LogP contribution in [0.3, 0.4) is 0 Å². The number of nitro benzene ring substituents is 1. The van der Waals surface area contributed by atoms with E-state index in [0.717, 1.165) is 25.0 Å². The van der Waals surface area contributed by atoms with Gasteiger partial charge in [-0.05, 0) is 6.42 Å². The number of non-ortho nitro benzene ring substituents is 1. The largest absolute Gasteiger partial charge is 0.383 e. The molecule has 1 rings (SSSR count). The van der Waals surface area contributed by atoms with Crippen molar-refractivity contribution in [3.05, 3.63) is 37.9 Å². The summed E-state index contributed by atoms with van der Waals surface area (Å²) in [4.78, 5) is 22.4. The summed E-state index contributed by atoms with van der Waals surface area (Å²) in [6, 6.07) is 2.03. The van der Waals surface area contributed by atoms with Crippen LogP contribution in [-0.4, -0.2) is 30.6 Å². The summed E-state index contributed by atoms with van der Waals surface area (Å²) in [7, 11) is 1.53. The molecule has 8 heteroatoms. The van der Waals surface area contributed by atoms with Gasteiger partial charge in [-0.15, -0.1) is 0 Å². The number of nitrogens with one attached hydrogen (secondary N) is 1. The second kappa shape index (κ2) is 8.17. The molecule has 6 nitrogen and oxygen atoms in total. The average Bonchev–Trinajstić information content (AvgIpc) is 2.41. The van der Waals surface area contributed by atoms with Gasteiger partial charge in [-0.1, -0.05) is 36.5 Å². The first-order valence-corrected chi connectivity index (χ1v) is 7.09. The van der Waals surface area contributed by atoms with Gasteiger partial charge in [-0.3, -0.25) is 14.9 Å². The monoisotopic (exact) mass is 334 g/mol. The smallest absolute Gasteiger partial charge is 0.271 e. The number of nitro groups is 1. The van der Waals surface area contributed by atoms with Crippen LogP contribution in [0.2, 0.25) is 10.0 Å². The topological polar surface area (TPSA) is 81.5 Å². The fourth-order valence-electron chi connectivity index (χ4n) is 1.86. The Bertz CT molecular complexity index is 531. The summed E-state index contributed by atoms with van der Waals surface area (Å²) in [5, 5.41) is 13.5. The van der Waals surface area contributed by atoms with Gasteiger partial charge in [0.15, 0.2) is 0 Å². The lowest BCUT2D eigenvalue weighted by atomic mass is 10.1. The number of methoxy groups -OCH3 is 1. The van der Waals surface area contributed by atoms with Gasteiger partial charge < -0.3 is 10.1 Å². The average molecular weight is 335 g/mol. The van der Waals surface area contributed by atoms with Crippen LogP contribution in [0.15, 0.2) is 12.1 Å². The number of benzene rings is 1. The number of amides is 1. The number of carbonyl (C=O) groups is 1. The molecule has 1 amide bonds. The standard InChI is InChI=1S/C13H16Cl2N2O4/c1-3-4-8(7-21-2)16-13(18)10-5-9(17(19)20)6-11(14)12(10)15/h5-6,8H,3-4,7H2,1-2H3,(H,16,18). The number of halogens is 2. The van der Waals surface area contributed by atoms with Crippen molar-refractivity contribution in [2.45, 2.75) is 25.8 Å². The van der Waals surface area contributed by atoms with Crippen LogP contribution >= 0.6 is 23.2 Å². The normalized spacial score (nSPS) is 12.0.